The molecule has 21 heavy (non-hydrogen) atoms. The molecule has 7 heteroatoms. The van der Waals surface area contributed by atoms with Crippen LogP contribution in [0.25, 0.3) is 0 Å². The Morgan fingerprint density at radius 3 is 2.67 bits per heavy atom. The third-order valence-electron chi connectivity index (χ3n) is 3.01. The molecule has 2 N–H and O–H groups in total. The van der Waals surface area contributed by atoms with Crippen molar-refractivity contribution in [2.75, 3.05) is 11.1 Å². The molecule has 1 aromatic carbocycles. The van der Waals surface area contributed by atoms with Gasteiger partial charge >= 0.3 is 0 Å². The van der Waals surface area contributed by atoms with Crippen LogP contribution >= 0.6 is 0 Å². The molecule has 0 unspecified atom stereocenters. The summed E-state index contributed by atoms with van der Waals surface area (Å²) in [5.74, 6) is 0.123. The maximum atomic E-state index is 12.0. The fourth-order valence-corrected chi connectivity index (χ4v) is 3.09. The predicted molar refractivity (Wildman–Crippen MR) is 79.8 cm³/mol. The van der Waals surface area contributed by atoms with Gasteiger partial charge < -0.3 is 5.32 Å². The minimum Gasteiger partial charge on any atom is -0.309 e. The van der Waals surface area contributed by atoms with E-state index in [4.69, 9.17) is 0 Å². The van der Waals surface area contributed by atoms with Gasteiger partial charge in [0, 0.05) is 11.8 Å². The lowest BCUT2D eigenvalue weighted by Gasteiger charge is -2.08. The van der Waals surface area contributed by atoms with Crippen molar-refractivity contribution in [3.8, 4) is 0 Å². The molecule has 1 amide bonds. The fourth-order valence-electron chi connectivity index (χ4n) is 1.95. The third kappa shape index (κ3) is 3.69. The monoisotopic (exact) mass is 307 g/mol. The first-order valence-electron chi connectivity index (χ1n) is 6.55. The first kappa shape index (κ1) is 15.2. The predicted octanol–water partition coefficient (Wildman–Crippen LogP) is 1.69. The maximum absolute atomic E-state index is 12.0. The van der Waals surface area contributed by atoms with Gasteiger partial charge in [-0.3, -0.25) is 9.89 Å². The van der Waals surface area contributed by atoms with E-state index in [-0.39, 0.29) is 23.0 Å². The summed E-state index contributed by atoms with van der Waals surface area (Å²) < 4.78 is 24.0. The number of aromatic amines is 1. The van der Waals surface area contributed by atoms with E-state index < -0.39 is 9.84 Å². The van der Waals surface area contributed by atoms with Crippen LogP contribution in [0.5, 0.6) is 0 Å². The smallest absolute Gasteiger partial charge is 0.230 e. The molecule has 1 aromatic heterocycles. The second-order valence-electron chi connectivity index (χ2n) is 4.67. The second-order valence-corrected chi connectivity index (χ2v) is 6.92. The van der Waals surface area contributed by atoms with Crippen molar-refractivity contribution in [2.45, 2.75) is 25.2 Å². The number of carbonyl (C=O) groups excluding carboxylic acids is 1. The number of carbonyl (C=O) groups is 1. The summed E-state index contributed by atoms with van der Waals surface area (Å²) in [5, 5.41) is 9.26. The van der Waals surface area contributed by atoms with E-state index in [2.05, 4.69) is 15.5 Å². The average Bonchev–Trinajstić information content (AvgIpc) is 2.84. The molecular formula is C14H17N3O3S. The summed E-state index contributed by atoms with van der Waals surface area (Å²) in [6.07, 6.45) is -0.0126. The number of nitrogens with one attached hydrogen (secondary N) is 2. The Morgan fingerprint density at radius 1 is 1.33 bits per heavy atom. The number of aromatic nitrogens is 2. The van der Waals surface area contributed by atoms with Gasteiger partial charge in [-0.25, -0.2) is 8.42 Å². The van der Waals surface area contributed by atoms with Crippen molar-refractivity contribution in [3.63, 3.8) is 0 Å². The van der Waals surface area contributed by atoms with Crippen LogP contribution in [0.3, 0.4) is 0 Å². The van der Waals surface area contributed by atoms with Gasteiger partial charge in [0.15, 0.2) is 15.7 Å². The number of nitrogens with zero attached hydrogens (tertiary/aromatic N) is 1. The molecule has 2 aromatic rings. The highest BCUT2D eigenvalue weighted by molar-refractivity contribution is 7.91. The normalized spacial score (nSPS) is 11.3. The minimum absolute atomic E-state index is 0.00416. The van der Waals surface area contributed by atoms with E-state index in [0.29, 0.717) is 11.4 Å². The number of hydrogen-bond donors (Lipinski definition) is 2. The van der Waals surface area contributed by atoms with E-state index in [1.54, 1.807) is 31.2 Å². The summed E-state index contributed by atoms with van der Waals surface area (Å²) in [6.45, 7) is 3.41. The number of hydrogen-bond acceptors (Lipinski definition) is 4. The summed E-state index contributed by atoms with van der Waals surface area (Å²) in [6, 6.07) is 8.25. The van der Waals surface area contributed by atoms with Gasteiger partial charge in [-0.1, -0.05) is 25.1 Å². The molecule has 112 valence electrons. The van der Waals surface area contributed by atoms with Gasteiger partial charge in [-0.05, 0) is 18.6 Å². The van der Waals surface area contributed by atoms with Gasteiger partial charge in [0.05, 0.1) is 17.1 Å². The number of rotatable bonds is 5. The molecule has 6 nitrogen and oxygen atoms in total. The van der Waals surface area contributed by atoms with Gasteiger partial charge in [-0.2, -0.15) is 5.10 Å². The number of aryl methyl sites for hydroxylation is 1. The summed E-state index contributed by atoms with van der Waals surface area (Å²) in [4.78, 5) is 12.2. The van der Waals surface area contributed by atoms with Crippen molar-refractivity contribution in [3.05, 3.63) is 41.6 Å². The molecule has 0 saturated heterocycles. The van der Waals surface area contributed by atoms with Crippen molar-refractivity contribution >= 4 is 21.6 Å². The number of H-pyrrole nitrogens is 1. The van der Waals surface area contributed by atoms with Crippen LogP contribution in [0.1, 0.15) is 18.2 Å². The number of sulfone groups is 1. The van der Waals surface area contributed by atoms with Gasteiger partial charge in [0.2, 0.25) is 5.91 Å². The number of benzene rings is 1. The molecule has 0 bridgehead atoms. The zero-order valence-corrected chi connectivity index (χ0v) is 12.7. The average molecular weight is 307 g/mol. The van der Waals surface area contributed by atoms with E-state index in [0.717, 1.165) is 5.69 Å². The molecule has 0 aliphatic heterocycles. The van der Waals surface area contributed by atoms with Crippen LogP contribution in [0.2, 0.25) is 0 Å². The molecule has 0 aliphatic rings. The highest BCUT2D eigenvalue weighted by Gasteiger charge is 2.18. The van der Waals surface area contributed by atoms with Crippen molar-refractivity contribution in [1.29, 1.82) is 0 Å². The second kappa shape index (κ2) is 6.09. The molecular weight excluding hydrogens is 290 g/mol. The first-order valence-corrected chi connectivity index (χ1v) is 8.20. The lowest BCUT2D eigenvalue weighted by atomic mass is 10.1. The molecule has 0 spiro atoms. The van der Waals surface area contributed by atoms with Crippen LogP contribution in [0.15, 0.2) is 35.2 Å². The highest BCUT2D eigenvalue weighted by Crippen LogP contribution is 2.18. The summed E-state index contributed by atoms with van der Waals surface area (Å²) in [5.41, 5.74) is 1.32. The lowest BCUT2D eigenvalue weighted by molar-refractivity contribution is -0.115. The van der Waals surface area contributed by atoms with E-state index in [9.17, 15) is 13.2 Å². The summed E-state index contributed by atoms with van der Waals surface area (Å²) >= 11 is 0. The van der Waals surface area contributed by atoms with Crippen LogP contribution in [-0.4, -0.2) is 30.3 Å². The van der Waals surface area contributed by atoms with Crippen LogP contribution in [0, 0.1) is 6.92 Å². The molecule has 0 radical (unpaired) electrons. The third-order valence-corrected chi connectivity index (χ3v) is 4.84. The largest absolute Gasteiger partial charge is 0.309 e. The Hall–Kier alpha value is -2.15. The van der Waals surface area contributed by atoms with E-state index >= 15 is 0 Å². The standard InChI is InChI=1S/C14H17N3O3S/c1-3-21(19,20)12-7-5-4-6-11(12)9-14(18)15-13-8-10(2)16-17-13/h4-8H,3,9H2,1-2H3,(H2,15,16,17,18). The van der Waals surface area contributed by atoms with Crippen molar-refractivity contribution in [1.82, 2.24) is 10.2 Å². The SMILES string of the molecule is CCS(=O)(=O)c1ccccc1CC(=O)Nc1cc(C)[nH]n1. The van der Waals surface area contributed by atoms with E-state index in [1.165, 1.54) is 6.07 Å². The highest BCUT2D eigenvalue weighted by atomic mass is 32.2. The number of anilines is 1. The van der Waals surface area contributed by atoms with Gasteiger partial charge in [-0.15, -0.1) is 0 Å². The van der Waals surface area contributed by atoms with E-state index in [1.807, 2.05) is 6.92 Å². The molecule has 0 aliphatic carbocycles. The molecule has 2 rings (SSSR count). The Balaban J connectivity index is 2.18. The summed E-state index contributed by atoms with van der Waals surface area (Å²) in [7, 11) is -3.35. The van der Waals surface area contributed by atoms with Crippen LogP contribution in [-0.2, 0) is 21.1 Å². The fraction of sp³-hybridized carbons (Fsp3) is 0.286. The van der Waals surface area contributed by atoms with Gasteiger partial charge in [0.1, 0.15) is 0 Å². The molecule has 0 saturated carbocycles. The Labute approximate surface area is 123 Å². The minimum atomic E-state index is -3.35. The molecule has 0 atom stereocenters. The van der Waals surface area contributed by atoms with Gasteiger partial charge in [0.25, 0.3) is 0 Å². The molecule has 1 heterocycles. The van der Waals surface area contributed by atoms with Crippen molar-refractivity contribution < 1.29 is 13.2 Å². The van der Waals surface area contributed by atoms with Crippen molar-refractivity contribution in [2.24, 2.45) is 0 Å². The zero-order chi connectivity index (χ0) is 15.5. The topological polar surface area (TPSA) is 91.9 Å². The number of amides is 1. The van der Waals surface area contributed by atoms with Crippen LogP contribution in [0.4, 0.5) is 5.82 Å². The van der Waals surface area contributed by atoms with Crippen LogP contribution < -0.4 is 5.32 Å². The lowest BCUT2D eigenvalue weighted by Crippen LogP contribution is -2.17. The first-order chi connectivity index (χ1) is 9.92. The molecule has 0 fully saturated rings. The Kier molecular flexibility index (Phi) is 4.42. The zero-order valence-electron chi connectivity index (χ0n) is 11.9. The Bertz CT molecular complexity index is 750. The quantitative estimate of drug-likeness (QED) is 0.879. The maximum Gasteiger partial charge on any atom is 0.230 e. The Morgan fingerprint density at radius 2 is 2.05 bits per heavy atom.